The fourth-order valence-electron chi connectivity index (χ4n) is 2.18. The lowest BCUT2D eigenvalue weighted by atomic mass is 9.79. The quantitative estimate of drug-likeness (QED) is 0.812. The standard InChI is InChI=1S/C12H19N3O2/c1-3-15-11(13)9(8-6-5-7-8)10(14-15)12(16)17-4-2/h8H,3-7,13H2,1-2H3. The van der Waals surface area contributed by atoms with E-state index >= 15 is 0 Å². The van der Waals surface area contributed by atoms with Gasteiger partial charge in [0, 0.05) is 12.1 Å². The van der Waals surface area contributed by atoms with Gasteiger partial charge in [-0.15, -0.1) is 0 Å². The first-order valence-corrected chi connectivity index (χ1v) is 6.22. The van der Waals surface area contributed by atoms with Crippen molar-refractivity contribution >= 4 is 11.8 Å². The van der Waals surface area contributed by atoms with Crippen LogP contribution in [0.5, 0.6) is 0 Å². The van der Waals surface area contributed by atoms with Crippen molar-refractivity contribution in [2.75, 3.05) is 12.3 Å². The predicted molar refractivity (Wildman–Crippen MR) is 64.9 cm³/mol. The maximum absolute atomic E-state index is 11.8. The number of hydrogen-bond acceptors (Lipinski definition) is 4. The number of rotatable bonds is 4. The molecule has 2 N–H and O–H groups in total. The maximum atomic E-state index is 11.8. The van der Waals surface area contributed by atoms with Gasteiger partial charge in [0.15, 0.2) is 5.69 Å². The Morgan fingerprint density at radius 3 is 2.71 bits per heavy atom. The first-order chi connectivity index (χ1) is 8.19. The second-order valence-electron chi connectivity index (χ2n) is 4.31. The highest BCUT2D eigenvalue weighted by molar-refractivity contribution is 5.90. The lowest BCUT2D eigenvalue weighted by molar-refractivity contribution is 0.0516. The largest absolute Gasteiger partial charge is 0.461 e. The van der Waals surface area contributed by atoms with Gasteiger partial charge in [0.2, 0.25) is 0 Å². The Morgan fingerprint density at radius 1 is 1.53 bits per heavy atom. The lowest BCUT2D eigenvalue weighted by Crippen LogP contribution is -2.15. The number of hydrogen-bond donors (Lipinski definition) is 1. The van der Waals surface area contributed by atoms with E-state index in [0.717, 1.165) is 18.4 Å². The Hall–Kier alpha value is -1.52. The summed E-state index contributed by atoms with van der Waals surface area (Å²) < 4.78 is 6.71. The molecule has 0 saturated heterocycles. The highest BCUT2D eigenvalue weighted by atomic mass is 16.5. The van der Waals surface area contributed by atoms with Crippen LogP contribution in [-0.4, -0.2) is 22.4 Å². The number of anilines is 1. The molecule has 1 saturated carbocycles. The van der Waals surface area contributed by atoms with Crippen LogP contribution in [0.4, 0.5) is 5.82 Å². The molecule has 0 aromatic carbocycles. The summed E-state index contributed by atoms with van der Waals surface area (Å²) in [4.78, 5) is 11.8. The topological polar surface area (TPSA) is 70.1 Å². The minimum absolute atomic E-state index is 0.353. The van der Waals surface area contributed by atoms with E-state index in [9.17, 15) is 4.79 Å². The molecule has 1 aromatic heterocycles. The molecule has 94 valence electrons. The first kappa shape index (κ1) is 12.0. The van der Waals surface area contributed by atoms with Gasteiger partial charge < -0.3 is 10.5 Å². The van der Waals surface area contributed by atoms with E-state index < -0.39 is 0 Å². The summed E-state index contributed by atoms with van der Waals surface area (Å²) in [7, 11) is 0. The van der Waals surface area contributed by atoms with Gasteiger partial charge in [-0.05, 0) is 32.6 Å². The molecule has 5 nitrogen and oxygen atoms in total. The average molecular weight is 237 g/mol. The Bertz CT molecular complexity index is 422. The summed E-state index contributed by atoms with van der Waals surface area (Å²) in [5.74, 6) is 0.656. The number of nitrogens with two attached hydrogens (primary N) is 1. The molecular weight excluding hydrogens is 218 g/mol. The van der Waals surface area contributed by atoms with E-state index in [-0.39, 0.29) is 5.97 Å². The molecule has 0 amide bonds. The van der Waals surface area contributed by atoms with Gasteiger partial charge >= 0.3 is 5.97 Å². The summed E-state index contributed by atoms with van der Waals surface area (Å²) in [5, 5.41) is 4.27. The van der Waals surface area contributed by atoms with Gasteiger partial charge in [0.25, 0.3) is 0 Å². The third-order valence-electron chi connectivity index (χ3n) is 3.31. The van der Waals surface area contributed by atoms with Crippen molar-refractivity contribution in [3.8, 4) is 0 Å². The molecule has 0 spiro atoms. The smallest absolute Gasteiger partial charge is 0.359 e. The van der Waals surface area contributed by atoms with Crippen molar-refractivity contribution in [1.29, 1.82) is 0 Å². The number of nitrogen functional groups attached to an aromatic ring is 1. The molecular formula is C12H19N3O2. The third-order valence-corrected chi connectivity index (χ3v) is 3.31. The van der Waals surface area contributed by atoms with Crippen LogP contribution >= 0.6 is 0 Å². The molecule has 1 aromatic rings. The molecule has 0 unspecified atom stereocenters. The third kappa shape index (κ3) is 2.01. The summed E-state index contributed by atoms with van der Waals surface area (Å²) in [6.45, 7) is 4.79. The molecule has 1 aliphatic rings. The molecule has 0 atom stereocenters. The van der Waals surface area contributed by atoms with Crippen LogP contribution in [-0.2, 0) is 11.3 Å². The van der Waals surface area contributed by atoms with E-state index in [1.807, 2.05) is 6.92 Å². The second-order valence-corrected chi connectivity index (χ2v) is 4.31. The molecule has 2 rings (SSSR count). The number of ether oxygens (including phenoxy) is 1. The van der Waals surface area contributed by atoms with Crippen LogP contribution in [0.2, 0.25) is 0 Å². The van der Waals surface area contributed by atoms with Crippen molar-refractivity contribution in [1.82, 2.24) is 9.78 Å². The van der Waals surface area contributed by atoms with Crippen molar-refractivity contribution in [3.63, 3.8) is 0 Å². The molecule has 5 heteroatoms. The number of esters is 1. The maximum Gasteiger partial charge on any atom is 0.359 e. The van der Waals surface area contributed by atoms with Crippen LogP contribution in [0.15, 0.2) is 0 Å². The molecule has 0 radical (unpaired) electrons. The van der Waals surface area contributed by atoms with E-state index in [0.29, 0.717) is 30.6 Å². The molecule has 0 bridgehead atoms. The number of aryl methyl sites for hydroxylation is 1. The van der Waals surface area contributed by atoms with Gasteiger partial charge in [-0.25, -0.2) is 9.48 Å². The van der Waals surface area contributed by atoms with Gasteiger partial charge in [-0.2, -0.15) is 5.10 Å². The van der Waals surface area contributed by atoms with Crippen molar-refractivity contribution in [2.45, 2.75) is 45.6 Å². The average Bonchev–Trinajstić information content (AvgIpc) is 2.55. The first-order valence-electron chi connectivity index (χ1n) is 6.22. The van der Waals surface area contributed by atoms with Crippen LogP contribution in [0.25, 0.3) is 0 Å². The zero-order valence-corrected chi connectivity index (χ0v) is 10.4. The van der Waals surface area contributed by atoms with Crippen molar-refractivity contribution < 1.29 is 9.53 Å². The molecule has 1 aliphatic carbocycles. The van der Waals surface area contributed by atoms with Crippen LogP contribution < -0.4 is 5.73 Å². The Morgan fingerprint density at radius 2 is 2.24 bits per heavy atom. The number of carbonyl (C=O) groups excluding carboxylic acids is 1. The fourth-order valence-corrected chi connectivity index (χ4v) is 2.18. The van der Waals surface area contributed by atoms with E-state index in [2.05, 4.69) is 5.10 Å². The molecule has 17 heavy (non-hydrogen) atoms. The minimum Gasteiger partial charge on any atom is -0.461 e. The van der Waals surface area contributed by atoms with Gasteiger partial charge in [-0.3, -0.25) is 0 Å². The Kier molecular flexibility index (Phi) is 3.36. The van der Waals surface area contributed by atoms with Gasteiger partial charge in [0.1, 0.15) is 5.82 Å². The predicted octanol–water partition coefficient (Wildman–Crippen LogP) is 1.93. The second kappa shape index (κ2) is 4.77. The zero-order chi connectivity index (χ0) is 12.4. The Balaban J connectivity index is 2.38. The van der Waals surface area contributed by atoms with Crippen LogP contribution in [0, 0.1) is 0 Å². The highest BCUT2D eigenvalue weighted by Gasteiger charge is 2.31. The summed E-state index contributed by atoms with van der Waals surface area (Å²) in [6, 6.07) is 0. The normalized spacial score (nSPS) is 15.6. The summed E-state index contributed by atoms with van der Waals surface area (Å²) in [6.07, 6.45) is 3.38. The minimum atomic E-state index is -0.353. The SMILES string of the molecule is CCOC(=O)c1nn(CC)c(N)c1C1CCC1. The lowest BCUT2D eigenvalue weighted by Gasteiger charge is -2.25. The number of aromatic nitrogens is 2. The van der Waals surface area contributed by atoms with Gasteiger partial charge in [0.05, 0.1) is 6.61 Å². The zero-order valence-electron chi connectivity index (χ0n) is 10.4. The highest BCUT2D eigenvalue weighted by Crippen LogP contribution is 2.41. The van der Waals surface area contributed by atoms with E-state index in [1.54, 1.807) is 11.6 Å². The number of carbonyl (C=O) groups is 1. The van der Waals surface area contributed by atoms with Crippen LogP contribution in [0.1, 0.15) is 55.1 Å². The Labute approximate surface area is 101 Å². The van der Waals surface area contributed by atoms with Crippen molar-refractivity contribution in [2.24, 2.45) is 0 Å². The number of nitrogens with zero attached hydrogens (tertiary/aromatic N) is 2. The fraction of sp³-hybridized carbons (Fsp3) is 0.667. The van der Waals surface area contributed by atoms with Crippen molar-refractivity contribution in [3.05, 3.63) is 11.3 Å². The summed E-state index contributed by atoms with van der Waals surface area (Å²) in [5.41, 5.74) is 7.36. The molecule has 0 aliphatic heterocycles. The molecule has 1 fully saturated rings. The monoisotopic (exact) mass is 237 g/mol. The van der Waals surface area contributed by atoms with E-state index in [1.165, 1.54) is 6.42 Å². The summed E-state index contributed by atoms with van der Waals surface area (Å²) >= 11 is 0. The van der Waals surface area contributed by atoms with Crippen LogP contribution in [0.3, 0.4) is 0 Å². The van der Waals surface area contributed by atoms with Gasteiger partial charge in [-0.1, -0.05) is 6.42 Å². The van der Waals surface area contributed by atoms with E-state index in [4.69, 9.17) is 10.5 Å². The molecule has 1 heterocycles.